The maximum absolute atomic E-state index is 11.3. The third-order valence-corrected chi connectivity index (χ3v) is 2.91. The molecule has 1 aromatic heterocycles. The Kier molecular flexibility index (Phi) is 3.04. The van der Waals surface area contributed by atoms with Gasteiger partial charge < -0.3 is 0 Å². The molecule has 0 fully saturated rings. The molecule has 0 bridgehead atoms. The normalized spacial score (nSPS) is 12.4. The van der Waals surface area contributed by atoms with Gasteiger partial charge in [-0.3, -0.25) is 4.79 Å². The first-order valence-corrected chi connectivity index (χ1v) is 5.59. The van der Waals surface area contributed by atoms with Gasteiger partial charge in [0, 0.05) is 6.92 Å². The van der Waals surface area contributed by atoms with Crippen molar-refractivity contribution in [3.05, 3.63) is 47.3 Å². The molecule has 2 aromatic rings. The Hall–Kier alpha value is -1.97. The average Bonchev–Trinajstić information content (AvgIpc) is 2.71. The Morgan fingerprint density at radius 2 is 1.94 bits per heavy atom. The summed E-state index contributed by atoms with van der Waals surface area (Å²) >= 11 is 0. The van der Waals surface area contributed by atoms with Crippen LogP contribution in [0.5, 0.6) is 0 Å². The van der Waals surface area contributed by atoms with Gasteiger partial charge in [0.1, 0.15) is 0 Å². The van der Waals surface area contributed by atoms with E-state index in [1.807, 2.05) is 44.2 Å². The largest absolute Gasteiger partial charge is 0.293 e. The Balaban J connectivity index is 2.39. The van der Waals surface area contributed by atoms with Crippen molar-refractivity contribution in [2.75, 3.05) is 0 Å². The van der Waals surface area contributed by atoms with E-state index in [1.54, 1.807) is 4.68 Å². The summed E-state index contributed by atoms with van der Waals surface area (Å²) in [5.74, 6) is -0.0472. The lowest BCUT2D eigenvalue weighted by molar-refractivity contribution is 0.101. The first-order chi connectivity index (χ1) is 8.11. The SMILES string of the molecule is CC(=O)c1nnn(C(C)c2ccccc2)c1C. The lowest BCUT2D eigenvalue weighted by Gasteiger charge is -2.13. The maximum atomic E-state index is 11.3. The molecular weight excluding hydrogens is 214 g/mol. The van der Waals surface area contributed by atoms with Crippen LogP contribution in [0.15, 0.2) is 30.3 Å². The second-order valence-electron chi connectivity index (χ2n) is 4.11. The number of aromatic nitrogens is 3. The molecule has 0 aliphatic rings. The van der Waals surface area contributed by atoms with Gasteiger partial charge in [-0.25, -0.2) is 4.68 Å². The fraction of sp³-hybridized carbons (Fsp3) is 0.308. The highest BCUT2D eigenvalue weighted by Gasteiger charge is 2.17. The van der Waals surface area contributed by atoms with E-state index < -0.39 is 0 Å². The van der Waals surface area contributed by atoms with Gasteiger partial charge in [-0.15, -0.1) is 5.10 Å². The molecule has 0 N–H and O–H groups in total. The van der Waals surface area contributed by atoms with Crippen molar-refractivity contribution in [2.45, 2.75) is 26.8 Å². The molecule has 0 saturated heterocycles. The molecule has 4 nitrogen and oxygen atoms in total. The van der Waals surface area contributed by atoms with Gasteiger partial charge in [0.15, 0.2) is 11.5 Å². The lowest BCUT2D eigenvalue weighted by Crippen LogP contribution is -2.10. The highest BCUT2D eigenvalue weighted by Crippen LogP contribution is 2.19. The van der Waals surface area contributed by atoms with Gasteiger partial charge in [-0.1, -0.05) is 35.5 Å². The number of benzene rings is 1. The molecule has 1 atom stereocenters. The molecule has 0 spiro atoms. The van der Waals surface area contributed by atoms with Crippen molar-refractivity contribution < 1.29 is 4.79 Å². The van der Waals surface area contributed by atoms with E-state index in [0.717, 1.165) is 11.3 Å². The van der Waals surface area contributed by atoms with Crippen molar-refractivity contribution >= 4 is 5.78 Å². The van der Waals surface area contributed by atoms with Gasteiger partial charge in [-0.05, 0) is 19.4 Å². The molecule has 0 saturated carbocycles. The fourth-order valence-corrected chi connectivity index (χ4v) is 1.91. The summed E-state index contributed by atoms with van der Waals surface area (Å²) in [5.41, 5.74) is 2.41. The molecule has 0 aliphatic carbocycles. The minimum Gasteiger partial charge on any atom is -0.293 e. The third kappa shape index (κ3) is 2.11. The quantitative estimate of drug-likeness (QED) is 0.759. The first kappa shape index (κ1) is 11.5. The van der Waals surface area contributed by atoms with Crippen LogP contribution in [0.1, 0.15) is 41.6 Å². The third-order valence-electron chi connectivity index (χ3n) is 2.91. The summed E-state index contributed by atoms with van der Waals surface area (Å²) in [4.78, 5) is 11.3. The summed E-state index contributed by atoms with van der Waals surface area (Å²) < 4.78 is 1.78. The Morgan fingerprint density at radius 1 is 1.29 bits per heavy atom. The monoisotopic (exact) mass is 229 g/mol. The van der Waals surface area contributed by atoms with Crippen LogP contribution in [0, 0.1) is 6.92 Å². The maximum Gasteiger partial charge on any atom is 0.181 e. The predicted molar refractivity (Wildman–Crippen MR) is 65.0 cm³/mol. The Labute approximate surface area is 100 Å². The predicted octanol–water partition coefficient (Wildman–Crippen LogP) is 2.40. The highest BCUT2D eigenvalue weighted by molar-refractivity contribution is 5.92. The van der Waals surface area contributed by atoms with Crippen molar-refractivity contribution in [1.29, 1.82) is 0 Å². The highest BCUT2D eigenvalue weighted by atomic mass is 16.1. The van der Waals surface area contributed by atoms with Gasteiger partial charge >= 0.3 is 0 Å². The van der Waals surface area contributed by atoms with Gasteiger partial charge in [0.05, 0.1) is 11.7 Å². The van der Waals surface area contributed by atoms with Crippen molar-refractivity contribution in [2.24, 2.45) is 0 Å². The van der Waals surface area contributed by atoms with Crippen LogP contribution >= 0.6 is 0 Å². The lowest BCUT2D eigenvalue weighted by atomic mass is 10.1. The minimum atomic E-state index is -0.0472. The standard InChI is InChI=1S/C13H15N3O/c1-9(12-7-5-4-6-8-12)16-10(2)13(11(3)17)14-15-16/h4-9H,1-3H3. The molecule has 4 heteroatoms. The average molecular weight is 229 g/mol. The second-order valence-corrected chi connectivity index (χ2v) is 4.11. The number of hydrogen-bond acceptors (Lipinski definition) is 3. The van der Waals surface area contributed by atoms with Crippen LogP contribution in [-0.2, 0) is 0 Å². The zero-order valence-electron chi connectivity index (χ0n) is 10.2. The van der Waals surface area contributed by atoms with Crippen molar-refractivity contribution in [3.63, 3.8) is 0 Å². The molecule has 0 aliphatic heterocycles. The van der Waals surface area contributed by atoms with Crippen LogP contribution in [0.25, 0.3) is 0 Å². The van der Waals surface area contributed by atoms with Crippen LogP contribution < -0.4 is 0 Å². The summed E-state index contributed by atoms with van der Waals surface area (Å²) in [5, 5.41) is 7.98. The summed E-state index contributed by atoms with van der Waals surface area (Å²) in [6, 6.07) is 10.1. The summed E-state index contributed by atoms with van der Waals surface area (Å²) in [6.07, 6.45) is 0. The Bertz CT molecular complexity index is 531. The van der Waals surface area contributed by atoms with E-state index >= 15 is 0 Å². The summed E-state index contributed by atoms with van der Waals surface area (Å²) in [7, 11) is 0. The van der Waals surface area contributed by atoms with Crippen molar-refractivity contribution in [3.8, 4) is 0 Å². The van der Waals surface area contributed by atoms with Crippen LogP contribution in [0.4, 0.5) is 0 Å². The number of rotatable bonds is 3. The topological polar surface area (TPSA) is 47.8 Å². The zero-order chi connectivity index (χ0) is 12.4. The molecule has 2 rings (SSSR count). The molecule has 1 aromatic carbocycles. The molecule has 1 unspecified atom stereocenters. The Morgan fingerprint density at radius 3 is 2.47 bits per heavy atom. The smallest absolute Gasteiger partial charge is 0.181 e. The van der Waals surface area contributed by atoms with E-state index in [9.17, 15) is 4.79 Å². The first-order valence-electron chi connectivity index (χ1n) is 5.59. The van der Waals surface area contributed by atoms with Crippen LogP contribution in [-0.4, -0.2) is 20.8 Å². The molecule has 17 heavy (non-hydrogen) atoms. The number of carbonyl (C=O) groups excluding carboxylic acids is 1. The molecule has 88 valence electrons. The van der Waals surface area contributed by atoms with E-state index in [4.69, 9.17) is 0 Å². The van der Waals surface area contributed by atoms with Gasteiger partial charge in [-0.2, -0.15) is 0 Å². The van der Waals surface area contributed by atoms with Crippen molar-refractivity contribution in [1.82, 2.24) is 15.0 Å². The van der Waals surface area contributed by atoms with E-state index in [-0.39, 0.29) is 11.8 Å². The molecular formula is C13H15N3O. The minimum absolute atomic E-state index is 0.0472. The molecule has 0 amide bonds. The van der Waals surface area contributed by atoms with Gasteiger partial charge in [0.25, 0.3) is 0 Å². The van der Waals surface area contributed by atoms with Gasteiger partial charge in [0.2, 0.25) is 0 Å². The number of nitrogens with zero attached hydrogens (tertiary/aromatic N) is 3. The van der Waals surface area contributed by atoms with Crippen LogP contribution in [0.2, 0.25) is 0 Å². The zero-order valence-corrected chi connectivity index (χ0v) is 10.2. The second kappa shape index (κ2) is 4.49. The van der Waals surface area contributed by atoms with E-state index in [2.05, 4.69) is 10.3 Å². The molecule has 0 radical (unpaired) electrons. The van der Waals surface area contributed by atoms with Crippen LogP contribution in [0.3, 0.4) is 0 Å². The molecule has 1 heterocycles. The number of Topliss-reactive ketones (excluding diaryl/α,β-unsaturated/α-hetero) is 1. The number of hydrogen-bond donors (Lipinski definition) is 0. The fourth-order valence-electron chi connectivity index (χ4n) is 1.91. The number of ketones is 1. The van der Waals surface area contributed by atoms with E-state index in [1.165, 1.54) is 6.92 Å². The number of carbonyl (C=O) groups is 1. The summed E-state index contributed by atoms with van der Waals surface area (Å²) in [6.45, 7) is 5.42. The van der Waals surface area contributed by atoms with E-state index in [0.29, 0.717) is 5.69 Å².